The van der Waals surface area contributed by atoms with E-state index >= 15 is 0 Å². The van der Waals surface area contributed by atoms with Crippen molar-refractivity contribution in [3.8, 4) is 0 Å². The van der Waals surface area contributed by atoms with Crippen molar-refractivity contribution in [1.82, 2.24) is 4.57 Å². The topological polar surface area (TPSA) is 8.81 Å². The lowest BCUT2D eigenvalue weighted by Gasteiger charge is -2.07. The van der Waals surface area contributed by atoms with E-state index < -0.39 is 0 Å². The maximum atomic E-state index is 2.61. The fourth-order valence-electron chi connectivity index (χ4n) is 5.97. The third-order valence-electron chi connectivity index (χ3n) is 8.60. The van der Waals surface area contributed by atoms with Crippen LogP contribution in [0, 0.1) is 0 Å². The summed E-state index contributed by atoms with van der Waals surface area (Å²) in [5.41, 5.74) is 0. The summed E-state index contributed by atoms with van der Waals surface area (Å²) < 4.78 is 5.22. The number of unbranched alkanes of at least 4 members (excludes halogenated alkanes) is 24. The Labute approximate surface area is 240 Å². The molecule has 1 aromatic rings. The summed E-state index contributed by atoms with van der Waals surface area (Å²) in [6, 6.07) is 0. The summed E-state index contributed by atoms with van der Waals surface area (Å²) in [6.45, 7) is 9.39. The van der Waals surface area contributed by atoms with E-state index in [1.165, 1.54) is 193 Å². The number of rotatable bonds is 30. The molecule has 0 saturated carbocycles. The normalized spacial score (nSPS) is 11.6. The van der Waals surface area contributed by atoms with Crippen molar-refractivity contribution in [2.75, 3.05) is 0 Å². The van der Waals surface area contributed by atoms with Crippen LogP contribution in [-0.2, 0) is 19.5 Å². The summed E-state index contributed by atoms with van der Waals surface area (Å²) in [6.07, 6.45) is 44.4. The summed E-state index contributed by atoms with van der Waals surface area (Å²) >= 11 is 0. The molecule has 0 atom stereocenters. The zero-order valence-corrected chi connectivity index (χ0v) is 26.8. The molecular weight excluding hydrogens is 460 g/mol. The Kier molecular flexibility index (Phi) is 25.7. The maximum Gasteiger partial charge on any atom is 0.256 e. The van der Waals surface area contributed by atoms with Crippen LogP contribution in [0.2, 0.25) is 0 Å². The van der Waals surface area contributed by atoms with Crippen LogP contribution in [0.4, 0.5) is 0 Å². The highest BCUT2D eigenvalue weighted by Gasteiger charge is 2.16. The lowest BCUT2D eigenvalue weighted by Crippen LogP contribution is -2.37. The summed E-state index contributed by atoms with van der Waals surface area (Å²) in [7, 11) is 0. The smallest absolute Gasteiger partial charge is 0.234 e. The number of aromatic nitrogens is 2. The largest absolute Gasteiger partial charge is 0.256 e. The minimum absolute atomic E-state index is 1.23. The SMILES string of the molecule is CCCCCCCCCCCCCCCCn1cc[n+](CCCCCCCCCCC)c1CCCCCC. The number of nitrogens with zero attached hydrogens (tertiary/aromatic N) is 2. The van der Waals surface area contributed by atoms with Gasteiger partial charge in [0.25, 0.3) is 5.82 Å². The molecule has 2 nitrogen and oxygen atoms in total. The first kappa shape index (κ1) is 35.2. The lowest BCUT2D eigenvalue weighted by molar-refractivity contribution is -0.704. The van der Waals surface area contributed by atoms with E-state index in [-0.39, 0.29) is 0 Å². The van der Waals surface area contributed by atoms with Gasteiger partial charge in [0.1, 0.15) is 12.4 Å². The standard InChI is InChI=1S/C36H71N2/c1-4-7-10-13-15-17-18-19-20-21-23-25-27-30-33-38-35-34-37(36(38)31-28-12-9-6-3)32-29-26-24-22-16-14-11-8-5-2/h34-35H,4-33H2,1-3H3/q+1. The predicted octanol–water partition coefficient (Wildman–Crippen LogP) is 11.9. The van der Waals surface area contributed by atoms with Gasteiger partial charge in [0, 0.05) is 6.42 Å². The summed E-state index contributed by atoms with van der Waals surface area (Å²) in [5.74, 6) is 1.61. The Hall–Kier alpha value is -0.790. The first-order valence-electron chi connectivity index (χ1n) is 17.9. The van der Waals surface area contributed by atoms with Crippen LogP contribution in [0.1, 0.15) is 200 Å². The molecular formula is C36H71N2+. The Morgan fingerprint density at radius 3 is 1.26 bits per heavy atom. The first-order chi connectivity index (χ1) is 18.8. The van der Waals surface area contributed by atoms with Gasteiger partial charge in [0.2, 0.25) is 0 Å². The second-order valence-corrected chi connectivity index (χ2v) is 12.3. The molecule has 38 heavy (non-hydrogen) atoms. The second kappa shape index (κ2) is 27.8. The Bertz CT molecular complexity index is 590. The molecule has 0 saturated heterocycles. The molecule has 1 heterocycles. The minimum atomic E-state index is 1.23. The van der Waals surface area contributed by atoms with Crippen molar-refractivity contribution < 1.29 is 4.57 Å². The van der Waals surface area contributed by atoms with Crippen molar-refractivity contribution in [1.29, 1.82) is 0 Å². The Morgan fingerprint density at radius 2 is 0.816 bits per heavy atom. The van der Waals surface area contributed by atoms with Crippen molar-refractivity contribution in [3.63, 3.8) is 0 Å². The molecule has 224 valence electrons. The molecule has 0 aliphatic rings. The van der Waals surface area contributed by atoms with Gasteiger partial charge in [-0.1, -0.05) is 162 Å². The van der Waals surface area contributed by atoms with E-state index in [1.807, 2.05) is 0 Å². The third-order valence-corrected chi connectivity index (χ3v) is 8.60. The molecule has 0 spiro atoms. The molecule has 0 radical (unpaired) electrons. The molecule has 2 heteroatoms. The zero-order chi connectivity index (χ0) is 27.4. The fourth-order valence-corrected chi connectivity index (χ4v) is 5.97. The molecule has 0 aliphatic heterocycles. The molecule has 0 aromatic carbocycles. The highest BCUT2D eigenvalue weighted by atomic mass is 15.1. The van der Waals surface area contributed by atoms with E-state index in [0.717, 1.165) is 0 Å². The molecule has 0 bridgehead atoms. The van der Waals surface area contributed by atoms with Crippen LogP contribution in [0.5, 0.6) is 0 Å². The zero-order valence-electron chi connectivity index (χ0n) is 26.8. The average molecular weight is 532 g/mol. The van der Waals surface area contributed by atoms with Crippen LogP contribution in [0.25, 0.3) is 0 Å². The number of hydrogen-bond acceptors (Lipinski definition) is 0. The molecule has 0 amide bonds. The second-order valence-electron chi connectivity index (χ2n) is 12.3. The molecule has 0 aliphatic carbocycles. The van der Waals surface area contributed by atoms with Gasteiger partial charge >= 0.3 is 0 Å². The van der Waals surface area contributed by atoms with Gasteiger partial charge in [0.05, 0.1) is 13.1 Å². The quantitative estimate of drug-likeness (QED) is 0.0689. The highest BCUT2D eigenvalue weighted by molar-refractivity contribution is 4.84. The molecule has 1 rings (SSSR count). The van der Waals surface area contributed by atoms with Crippen LogP contribution < -0.4 is 4.57 Å². The van der Waals surface area contributed by atoms with E-state index in [2.05, 4.69) is 42.3 Å². The van der Waals surface area contributed by atoms with Crippen molar-refractivity contribution in [2.45, 2.75) is 214 Å². The average Bonchev–Trinajstić information content (AvgIpc) is 3.31. The minimum Gasteiger partial charge on any atom is -0.234 e. The molecule has 0 unspecified atom stereocenters. The van der Waals surface area contributed by atoms with Crippen molar-refractivity contribution in [2.24, 2.45) is 0 Å². The van der Waals surface area contributed by atoms with E-state index in [0.29, 0.717) is 0 Å². The maximum absolute atomic E-state index is 2.61. The molecule has 0 N–H and O–H groups in total. The number of aryl methyl sites for hydroxylation is 2. The van der Waals surface area contributed by atoms with E-state index in [1.54, 1.807) is 5.82 Å². The van der Waals surface area contributed by atoms with Crippen LogP contribution in [-0.4, -0.2) is 4.57 Å². The lowest BCUT2D eigenvalue weighted by atomic mass is 10.0. The number of imidazole rings is 1. The fraction of sp³-hybridized carbons (Fsp3) is 0.917. The predicted molar refractivity (Wildman–Crippen MR) is 170 cm³/mol. The van der Waals surface area contributed by atoms with E-state index in [4.69, 9.17) is 0 Å². The number of hydrogen-bond donors (Lipinski definition) is 0. The Morgan fingerprint density at radius 1 is 0.447 bits per heavy atom. The monoisotopic (exact) mass is 532 g/mol. The summed E-state index contributed by atoms with van der Waals surface area (Å²) in [5, 5.41) is 0. The summed E-state index contributed by atoms with van der Waals surface area (Å²) in [4.78, 5) is 0. The van der Waals surface area contributed by atoms with Crippen molar-refractivity contribution in [3.05, 3.63) is 18.2 Å². The van der Waals surface area contributed by atoms with Crippen LogP contribution >= 0.6 is 0 Å². The van der Waals surface area contributed by atoms with Gasteiger partial charge in [-0.3, -0.25) is 0 Å². The molecule has 1 aromatic heterocycles. The van der Waals surface area contributed by atoms with Crippen LogP contribution in [0.15, 0.2) is 12.4 Å². The van der Waals surface area contributed by atoms with Gasteiger partial charge in [-0.25, -0.2) is 9.13 Å². The van der Waals surface area contributed by atoms with Gasteiger partial charge in [0.15, 0.2) is 0 Å². The third kappa shape index (κ3) is 20.2. The van der Waals surface area contributed by atoms with Crippen molar-refractivity contribution >= 4 is 0 Å². The highest BCUT2D eigenvalue weighted by Crippen LogP contribution is 2.14. The first-order valence-corrected chi connectivity index (χ1v) is 17.9. The molecule has 0 fully saturated rings. The Balaban J connectivity index is 2.19. The van der Waals surface area contributed by atoms with Gasteiger partial charge in [-0.15, -0.1) is 0 Å². The van der Waals surface area contributed by atoms with Gasteiger partial charge < -0.3 is 0 Å². The van der Waals surface area contributed by atoms with E-state index in [9.17, 15) is 0 Å². The van der Waals surface area contributed by atoms with Gasteiger partial charge in [-0.05, 0) is 32.1 Å². The van der Waals surface area contributed by atoms with Crippen LogP contribution in [0.3, 0.4) is 0 Å². The van der Waals surface area contributed by atoms with Gasteiger partial charge in [-0.2, -0.15) is 0 Å².